The maximum atomic E-state index is 11.6. The quantitative estimate of drug-likeness (QED) is 0.749. The fourth-order valence-electron chi connectivity index (χ4n) is 2.71. The van der Waals surface area contributed by atoms with Gasteiger partial charge in [0.05, 0.1) is 11.0 Å². The van der Waals surface area contributed by atoms with Gasteiger partial charge in [-0.05, 0) is 45.1 Å². The van der Waals surface area contributed by atoms with Crippen LogP contribution in [0.4, 0.5) is 0 Å². The molecule has 0 saturated carbocycles. The molecule has 2 fully saturated rings. The molecule has 2 aliphatic rings. The van der Waals surface area contributed by atoms with Crippen LogP contribution in [0.2, 0.25) is 0 Å². The Morgan fingerprint density at radius 1 is 1.43 bits per heavy atom. The van der Waals surface area contributed by atoms with E-state index in [1.165, 1.54) is 0 Å². The SMILES string of the molecule is CC1CC(CC2CCCS2(=O)=O)CN1. The number of nitrogens with one attached hydrogen (secondary N) is 1. The molecule has 0 amide bonds. The Labute approximate surface area is 86.2 Å². The van der Waals surface area contributed by atoms with E-state index in [1.807, 2.05) is 0 Å². The molecule has 0 aromatic heterocycles. The van der Waals surface area contributed by atoms with Crippen LogP contribution < -0.4 is 5.32 Å². The minimum Gasteiger partial charge on any atom is -0.314 e. The summed E-state index contributed by atoms with van der Waals surface area (Å²) in [5, 5.41) is 3.35. The number of rotatable bonds is 2. The number of sulfone groups is 1. The second kappa shape index (κ2) is 3.81. The highest BCUT2D eigenvalue weighted by Crippen LogP contribution is 2.29. The van der Waals surface area contributed by atoms with Crippen molar-refractivity contribution in [3.63, 3.8) is 0 Å². The summed E-state index contributed by atoms with van der Waals surface area (Å²) in [6.07, 6.45) is 3.81. The second-order valence-electron chi connectivity index (χ2n) is 4.78. The van der Waals surface area contributed by atoms with E-state index in [1.54, 1.807) is 0 Å². The van der Waals surface area contributed by atoms with Crippen molar-refractivity contribution < 1.29 is 8.42 Å². The Kier molecular flexibility index (Phi) is 2.84. The lowest BCUT2D eigenvalue weighted by molar-refractivity contribution is 0.489. The van der Waals surface area contributed by atoms with Gasteiger partial charge in [0.2, 0.25) is 0 Å². The van der Waals surface area contributed by atoms with Crippen molar-refractivity contribution in [2.45, 2.75) is 43.9 Å². The van der Waals surface area contributed by atoms with Gasteiger partial charge in [-0.1, -0.05) is 0 Å². The molecule has 2 rings (SSSR count). The summed E-state index contributed by atoms with van der Waals surface area (Å²) in [5.41, 5.74) is 0. The topological polar surface area (TPSA) is 46.2 Å². The van der Waals surface area contributed by atoms with E-state index in [4.69, 9.17) is 0 Å². The molecule has 2 aliphatic heterocycles. The highest BCUT2D eigenvalue weighted by molar-refractivity contribution is 7.92. The van der Waals surface area contributed by atoms with Crippen LogP contribution in [0.25, 0.3) is 0 Å². The lowest BCUT2D eigenvalue weighted by Gasteiger charge is -2.13. The first-order valence-corrected chi connectivity index (χ1v) is 7.24. The zero-order valence-corrected chi connectivity index (χ0v) is 9.52. The molecule has 0 aliphatic carbocycles. The molecule has 0 radical (unpaired) electrons. The van der Waals surface area contributed by atoms with Crippen LogP contribution in [0.3, 0.4) is 0 Å². The van der Waals surface area contributed by atoms with Crippen molar-refractivity contribution in [3.05, 3.63) is 0 Å². The van der Waals surface area contributed by atoms with E-state index >= 15 is 0 Å². The third-order valence-corrected chi connectivity index (χ3v) is 5.80. The number of hydrogen-bond donors (Lipinski definition) is 1. The van der Waals surface area contributed by atoms with Gasteiger partial charge in [-0.15, -0.1) is 0 Å². The zero-order valence-electron chi connectivity index (χ0n) is 8.70. The van der Waals surface area contributed by atoms with Gasteiger partial charge >= 0.3 is 0 Å². The first-order chi connectivity index (χ1) is 6.58. The van der Waals surface area contributed by atoms with Crippen LogP contribution in [0.5, 0.6) is 0 Å². The fourth-order valence-corrected chi connectivity index (χ4v) is 4.70. The largest absolute Gasteiger partial charge is 0.314 e. The van der Waals surface area contributed by atoms with Crippen molar-refractivity contribution in [2.75, 3.05) is 12.3 Å². The van der Waals surface area contributed by atoms with Gasteiger partial charge < -0.3 is 5.32 Å². The van der Waals surface area contributed by atoms with E-state index in [2.05, 4.69) is 12.2 Å². The Balaban J connectivity index is 1.92. The van der Waals surface area contributed by atoms with Gasteiger partial charge in [-0.2, -0.15) is 0 Å². The van der Waals surface area contributed by atoms with Gasteiger partial charge in [0.15, 0.2) is 9.84 Å². The van der Waals surface area contributed by atoms with Crippen LogP contribution in [0.15, 0.2) is 0 Å². The molecule has 0 bridgehead atoms. The van der Waals surface area contributed by atoms with E-state index < -0.39 is 9.84 Å². The first kappa shape index (κ1) is 10.4. The second-order valence-corrected chi connectivity index (χ2v) is 7.18. The van der Waals surface area contributed by atoms with Crippen LogP contribution in [0.1, 0.15) is 32.6 Å². The molecule has 82 valence electrons. The lowest BCUT2D eigenvalue weighted by Crippen LogP contribution is -2.21. The van der Waals surface area contributed by atoms with E-state index in [0.717, 1.165) is 32.2 Å². The molecule has 1 N–H and O–H groups in total. The summed E-state index contributed by atoms with van der Waals surface area (Å²) in [6.45, 7) is 3.18. The normalized spacial score (nSPS) is 41.6. The van der Waals surface area contributed by atoms with Crippen LogP contribution in [-0.4, -0.2) is 32.0 Å². The zero-order chi connectivity index (χ0) is 10.2. The standard InChI is InChI=1S/C10H19NO2S/c1-8-5-9(7-11-8)6-10-3-2-4-14(10,12)13/h8-11H,2-7H2,1H3. The minimum absolute atomic E-state index is 0.0281. The van der Waals surface area contributed by atoms with Crippen molar-refractivity contribution in [2.24, 2.45) is 5.92 Å². The smallest absolute Gasteiger partial charge is 0.153 e. The van der Waals surface area contributed by atoms with Gasteiger partial charge in [0.1, 0.15) is 0 Å². The molecular weight excluding hydrogens is 198 g/mol. The average Bonchev–Trinajstić information content (AvgIpc) is 2.61. The van der Waals surface area contributed by atoms with Crippen molar-refractivity contribution >= 4 is 9.84 Å². The van der Waals surface area contributed by atoms with Gasteiger partial charge in [-0.3, -0.25) is 0 Å². The maximum Gasteiger partial charge on any atom is 0.153 e. The molecule has 3 unspecified atom stereocenters. The summed E-state index contributed by atoms with van der Waals surface area (Å²) in [4.78, 5) is 0. The van der Waals surface area contributed by atoms with Crippen molar-refractivity contribution in [3.8, 4) is 0 Å². The fraction of sp³-hybridized carbons (Fsp3) is 1.00. The molecule has 0 aromatic rings. The molecule has 3 atom stereocenters. The third-order valence-electron chi connectivity index (χ3n) is 3.50. The Hall–Kier alpha value is -0.0900. The highest BCUT2D eigenvalue weighted by Gasteiger charge is 2.34. The van der Waals surface area contributed by atoms with Gasteiger partial charge in [0.25, 0.3) is 0 Å². The number of hydrogen-bond acceptors (Lipinski definition) is 3. The van der Waals surface area contributed by atoms with Gasteiger partial charge in [0, 0.05) is 6.04 Å². The maximum absolute atomic E-state index is 11.6. The van der Waals surface area contributed by atoms with E-state index in [-0.39, 0.29) is 5.25 Å². The molecule has 14 heavy (non-hydrogen) atoms. The summed E-state index contributed by atoms with van der Waals surface area (Å²) in [5.74, 6) is 1.01. The summed E-state index contributed by atoms with van der Waals surface area (Å²) >= 11 is 0. The highest BCUT2D eigenvalue weighted by atomic mass is 32.2. The molecule has 2 saturated heterocycles. The summed E-state index contributed by atoms with van der Waals surface area (Å²) < 4.78 is 23.2. The Morgan fingerprint density at radius 3 is 2.71 bits per heavy atom. The summed E-state index contributed by atoms with van der Waals surface area (Å²) in [7, 11) is -2.72. The predicted octanol–water partition coefficient (Wildman–Crippen LogP) is 0.952. The van der Waals surface area contributed by atoms with Crippen molar-refractivity contribution in [1.29, 1.82) is 0 Å². The molecular formula is C10H19NO2S. The first-order valence-electron chi connectivity index (χ1n) is 5.53. The molecule has 3 nitrogen and oxygen atoms in total. The Bertz CT molecular complexity index is 299. The molecule has 0 aromatic carbocycles. The van der Waals surface area contributed by atoms with E-state index in [9.17, 15) is 8.42 Å². The average molecular weight is 217 g/mol. The van der Waals surface area contributed by atoms with Crippen molar-refractivity contribution in [1.82, 2.24) is 5.32 Å². The Morgan fingerprint density at radius 2 is 2.21 bits per heavy atom. The van der Waals surface area contributed by atoms with Crippen LogP contribution in [0, 0.1) is 5.92 Å². The monoisotopic (exact) mass is 217 g/mol. The van der Waals surface area contributed by atoms with Crippen LogP contribution in [-0.2, 0) is 9.84 Å². The van der Waals surface area contributed by atoms with E-state index in [0.29, 0.717) is 17.7 Å². The minimum atomic E-state index is -2.72. The molecule has 2 heterocycles. The summed E-state index contributed by atoms with van der Waals surface area (Å²) in [6, 6.07) is 0.573. The predicted molar refractivity (Wildman–Crippen MR) is 57.0 cm³/mol. The third kappa shape index (κ3) is 2.11. The van der Waals surface area contributed by atoms with Gasteiger partial charge in [-0.25, -0.2) is 8.42 Å². The molecule has 4 heteroatoms. The lowest BCUT2D eigenvalue weighted by atomic mass is 9.99. The molecule has 0 spiro atoms. The van der Waals surface area contributed by atoms with Crippen LogP contribution >= 0.6 is 0 Å².